The van der Waals surface area contributed by atoms with Crippen molar-refractivity contribution in [2.75, 3.05) is 26.4 Å². The quantitative estimate of drug-likeness (QED) is 0.766. The Labute approximate surface area is 121 Å². The Morgan fingerprint density at radius 2 is 2.15 bits per heavy atom. The first-order valence-electron chi connectivity index (χ1n) is 7.91. The molecule has 1 aliphatic carbocycles. The standard InChI is InChI=1S/C15H28N2O3/c1-4-15(5-2)12(9-13(15)20-6-3)17-14(18)11-10-19-8-7-16-11/h11-13,16H,4-10H2,1-3H3,(H,17,18)/t11-,12+,13-/m1/s1. The summed E-state index contributed by atoms with van der Waals surface area (Å²) in [6, 6.07) is 0.0200. The van der Waals surface area contributed by atoms with Crippen LogP contribution in [0.15, 0.2) is 0 Å². The third-order valence-corrected chi connectivity index (χ3v) is 5.02. The van der Waals surface area contributed by atoms with Gasteiger partial charge in [-0.3, -0.25) is 4.79 Å². The Hall–Kier alpha value is -0.650. The zero-order chi connectivity index (χ0) is 14.6. The Kier molecular flexibility index (Phi) is 5.41. The average molecular weight is 284 g/mol. The first-order chi connectivity index (χ1) is 9.67. The summed E-state index contributed by atoms with van der Waals surface area (Å²) >= 11 is 0. The van der Waals surface area contributed by atoms with Crippen molar-refractivity contribution in [1.29, 1.82) is 0 Å². The summed E-state index contributed by atoms with van der Waals surface area (Å²) in [4.78, 5) is 12.3. The second-order valence-electron chi connectivity index (χ2n) is 5.76. The van der Waals surface area contributed by atoms with Crippen molar-refractivity contribution in [2.45, 2.75) is 58.2 Å². The van der Waals surface area contributed by atoms with Crippen LogP contribution in [0.2, 0.25) is 0 Å². The van der Waals surface area contributed by atoms with Gasteiger partial charge in [0, 0.05) is 24.6 Å². The van der Waals surface area contributed by atoms with Crippen LogP contribution in [-0.4, -0.2) is 50.5 Å². The van der Waals surface area contributed by atoms with Gasteiger partial charge in [0.2, 0.25) is 5.91 Å². The second-order valence-corrected chi connectivity index (χ2v) is 5.76. The molecule has 2 aliphatic rings. The summed E-state index contributed by atoms with van der Waals surface area (Å²) in [5.41, 5.74) is 0.0984. The lowest BCUT2D eigenvalue weighted by atomic mass is 9.58. The molecule has 5 nitrogen and oxygen atoms in total. The van der Waals surface area contributed by atoms with E-state index < -0.39 is 0 Å². The van der Waals surface area contributed by atoms with Crippen LogP contribution in [0, 0.1) is 5.41 Å². The van der Waals surface area contributed by atoms with Crippen molar-refractivity contribution in [3.05, 3.63) is 0 Å². The predicted molar refractivity (Wildman–Crippen MR) is 77.6 cm³/mol. The number of amides is 1. The molecular formula is C15H28N2O3. The molecule has 1 amide bonds. The molecule has 1 heterocycles. The van der Waals surface area contributed by atoms with Crippen molar-refractivity contribution in [3.8, 4) is 0 Å². The van der Waals surface area contributed by atoms with E-state index in [1.54, 1.807) is 0 Å². The van der Waals surface area contributed by atoms with Crippen LogP contribution in [0.25, 0.3) is 0 Å². The Bertz CT molecular complexity index is 325. The van der Waals surface area contributed by atoms with Crippen LogP contribution < -0.4 is 10.6 Å². The van der Waals surface area contributed by atoms with Gasteiger partial charge in [0.25, 0.3) is 0 Å². The number of carbonyl (C=O) groups is 1. The van der Waals surface area contributed by atoms with Crippen molar-refractivity contribution in [2.24, 2.45) is 5.41 Å². The van der Waals surface area contributed by atoms with Crippen molar-refractivity contribution in [1.82, 2.24) is 10.6 Å². The topological polar surface area (TPSA) is 59.6 Å². The monoisotopic (exact) mass is 284 g/mol. The molecule has 3 atom stereocenters. The van der Waals surface area contributed by atoms with Crippen LogP contribution in [-0.2, 0) is 14.3 Å². The summed E-state index contributed by atoms with van der Waals surface area (Å²) in [5, 5.41) is 6.41. The summed E-state index contributed by atoms with van der Waals surface area (Å²) in [7, 11) is 0. The average Bonchev–Trinajstić information content (AvgIpc) is 2.48. The lowest BCUT2D eigenvalue weighted by Gasteiger charge is -2.55. The van der Waals surface area contributed by atoms with Crippen molar-refractivity contribution >= 4 is 5.91 Å². The van der Waals surface area contributed by atoms with E-state index in [9.17, 15) is 4.79 Å². The third kappa shape index (κ3) is 2.85. The molecule has 0 aromatic rings. The highest BCUT2D eigenvalue weighted by atomic mass is 16.5. The van der Waals surface area contributed by atoms with Gasteiger partial charge in [-0.15, -0.1) is 0 Å². The highest BCUT2D eigenvalue weighted by Crippen LogP contribution is 2.48. The van der Waals surface area contributed by atoms with E-state index in [1.165, 1.54) is 0 Å². The number of hydrogen-bond donors (Lipinski definition) is 2. The Morgan fingerprint density at radius 1 is 1.40 bits per heavy atom. The molecule has 0 bridgehead atoms. The minimum absolute atomic E-state index is 0.0657. The maximum Gasteiger partial charge on any atom is 0.239 e. The van der Waals surface area contributed by atoms with Gasteiger partial charge in [-0.05, 0) is 26.2 Å². The van der Waals surface area contributed by atoms with Crippen LogP contribution in [0.1, 0.15) is 40.0 Å². The lowest BCUT2D eigenvalue weighted by molar-refractivity contribution is -0.150. The van der Waals surface area contributed by atoms with Crippen LogP contribution in [0.3, 0.4) is 0 Å². The SMILES string of the molecule is CCO[C@@H]1C[C@H](NC(=O)[C@H]2COCCN2)C1(CC)CC. The maximum absolute atomic E-state index is 12.3. The first kappa shape index (κ1) is 15.7. The van der Waals surface area contributed by atoms with Crippen molar-refractivity contribution in [3.63, 3.8) is 0 Å². The fourth-order valence-corrected chi connectivity index (χ4v) is 3.59. The highest BCUT2D eigenvalue weighted by Gasteiger charge is 2.54. The molecule has 5 heteroatoms. The highest BCUT2D eigenvalue weighted by molar-refractivity contribution is 5.82. The van der Waals surface area contributed by atoms with E-state index in [0.29, 0.717) is 13.2 Å². The van der Waals surface area contributed by atoms with Crippen LogP contribution in [0.5, 0.6) is 0 Å². The van der Waals surface area contributed by atoms with Gasteiger partial charge in [0.05, 0.1) is 19.3 Å². The molecule has 1 aliphatic heterocycles. The van der Waals surface area contributed by atoms with E-state index in [2.05, 4.69) is 24.5 Å². The lowest BCUT2D eigenvalue weighted by Crippen LogP contribution is -2.66. The van der Waals surface area contributed by atoms with Crippen molar-refractivity contribution < 1.29 is 14.3 Å². The summed E-state index contributed by atoms with van der Waals surface area (Å²) < 4.78 is 11.2. The molecule has 1 saturated heterocycles. The van der Waals surface area contributed by atoms with Gasteiger partial charge in [0.1, 0.15) is 6.04 Å². The fourth-order valence-electron chi connectivity index (χ4n) is 3.59. The van der Waals surface area contributed by atoms with Crippen LogP contribution >= 0.6 is 0 Å². The van der Waals surface area contributed by atoms with E-state index in [1.807, 2.05) is 6.92 Å². The second kappa shape index (κ2) is 6.87. The normalized spacial score (nSPS) is 32.5. The zero-order valence-electron chi connectivity index (χ0n) is 12.9. The minimum Gasteiger partial charge on any atom is -0.378 e. The molecule has 0 radical (unpaired) electrons. The predicted octanol–water partition coefficient (Wildman–Crippen LogP) is 1.07. The molecule has 0 spiro atoms. The van der Waals surface area contributed by atoms with Gasteiger partial charge >= 0.3 is 0 Å². The molecule has 20 heavy (non-hydrogen) atoms. The molecule has 0 aromatic carbocycles. The molecule has 2 fully saturated rings. The molecule has 116 valence electrons. The number of ether oxygens (including phenoxy) is 2. The van der Waals surface area contributed by atoms with E-state index in [4.69, 9.17) is 9.47 Å². The molecular weight excluding hydrogens is 256 g/mol. The zero-order valence-corrected chi connectivity index (χ0v) is 12.9. The summed E-state index contributed by atoms with van der Waals surface area (Å²) in [6.07, 6.45) is 3.28. The van der Waals surface area contributed by atoms with Crippen LogP contribution in [0.4, 0.5) is 0 Å². The van der Waals surface area contributed by atoms with E-state index in [-0.39, 0.29) is 29.5 Å². The largest absolute Gasteiger partial charge is 0.378 e. The van der Waals surface area contributed by atoms with Gasteiger partial charge < -0.3 is 20.1 Å². The van der Waals surface area contributed by atoms with Gasteiger partial charge in [-0.1, -0.05) is 13.8 Å². The van der Waals surface area contributed by atoms with E-state index in [0.717, 1.165) is 32.4 Å². The summed E-state index contributed by atoms with van der Waals surface area (Å²) in [5.74, 6) is 0.0657. The van der Waals surface area contributed by atoms with Gasteiger partial charge in [-0.25, -0.2) is 0 Å². The number of nitrogens with one attached hydrogen (secondary N) is 2. The van der Waals surface area contributed by atoms with E-state index >= 15 is 0 Å². The Morgan fingerprint density at radius 3 is 2.70 bits per heavy atom. The Balaban J connectivity index is 1.93. The number of rotatable bonds is 6. The smallest absolute Gasteiger partial charge is 0.239 e. The molecule has 2 rings (SSSR count). The summed E-state index contributed by atoms with van der Waals surface area (Å²) in [6.45, 7) is 9.06. The molecule has 0 aromatic heterocycles. The number of morpholine rings is 1. The minimum atomic E-state index is -0.207. The van der Waals surface area contributed by atoms with Gasteiger partial charge in [-0.2, -0.15) is 0 Å². The third-order valence-electron chi connectivity index (χ3n) is 5.02. The maximum atomic E-state index is 12.3. The fraction of sp³-hybridized carbons (Fsp3) is 0.933. The molecule has 2 N–H and O–H groups in total. The first-order valence-corrected chi connectivity index (χ1v) is 7.91. The molecule has 0 unspecified atom stereocenters. The number of carbonyl (C=O) groups excluding carboxylic acids is 1. The molecule has 1 saturated carbocycles. The number of hydrogen-bond acceptors (Lipinski definition) is 4. The van der Waals surface area contributed by atoms with Gasteiger partial charge in [0.15, 0.2) is 0 Å².